The molecule has 0 bridgehead atoms. The summed E-state index contributed by atoms with van der Waals surface area (Å²) in [6, 6.07) is 15.8. The normalized spacial score (nSPS) is 16.7. The number of benzene rings is 2. The Bertz CT molecular complexity index is 1090. The van der Waals surface area contributed by atoms with Gasteiger partial charge in [-0.1, -0.05) is 30.3 Å². The number of nitrogens with one attached hydrogen (secondary N) is 2. The molecule has 1 saturated heterocycles. The fourth-order valence-corrected chi connectivity index (χ4v) is 3.54. The van der Waals surface area contributed by atoms with Gasteiger partial charge >= 0.3 is 12.1 Å². The Labute approximate surface area is 187 Å². The van der Waals surface area contributed by atoms with Crippen LogP contribution in [0.3, 0.4) is 0 Å². The van der Waals surface area contributed by atoms with E-state index in [1.807, 2.05) is 53.6 Å². The van der Waals surface area contributed by atoms with Gasteiger partial charge in [-0.25, -0.2) is 4.79 Å². The average Bonchev–Trinajstić information content (AvgIpc) is 3.43. The summed E-state index contributed by atoms with van der Waals surface area (Å²) in [6.45, 7) is 1.43. The number of fused-ring (bicyclic) bond motifs is 1. The van der Waals surface area contributed by atoms with Crippen LogP contribution in [-0.2, 0) is 16.0 Å². The smallest absolute Gasteiger partial charge is 0.475 e. The van der Waals surface area contributed by atoms with E-state index < -0.39 is 18.2 Å². The standard InChI is InChI=1S/C20H23N5O.C2HF3O2/c21-18(10-14-4-2-1-3-5-14)20(26)25-9-8-17(13-25)23-16-6-7-19-15(11-16)12-22-24-19;3-2(4,5)1(6)7/h1-7,11-12,17-18,23H,8-10,13,21H2,(H,22,24);(H,6,7)/t17?,18-;/m0./s1. The number of nitrogens with zero attached hydrogens (tertiary/aromatic N) is 2. The predicted octanol–water partition coefficient (Wildman–Crippen LogP) is 2.78. The minimum Gasteiger partial charge on any atom is -0.475 e. The molecule has 1 amide bonds. The highest BCUT2D eigenvalue weighted by Gasteiger charge is 2.38. The number of aromatic amines is 1. The number of hydrogen-bond donors (Lipinski definition) is 4. The summed E-state index contributed by atoms with van der Waals surface area (Å²) in [5.74, 6) is -2.73. The maximum Gasteiger partial charge on any atom is 0.490 e. The number of nitrogens with two attached hydrogens (primary N) is 1. The lowest BCUT2D eigenvalue weighted by molar-refractivity contribution is -0.192. The van der Waals surface area contributed by atoms with Crippen LogP contribution >= 0.6 is 0 Å². The third kappa shape index (κ3) is 6.69. The molecule has 1 aliphatic heterocycles. The van der Waals surface area contributed by atoms with Gasteiger partial charge in [0, 0.05) is 30.2 Å². The van der Waals surface area contributed by atoms with Crippen molar-refractivity contribution in [2.24, 2.45) is 5.73 Å². The van der Waals surface area contributed by atoms with E-state index in [4.69, 9.17) is 15.6 Å². The number of halogens is 3. The van der Waals surface area contributed by atoms with E-state index in [2.05, 4.69) is 21.6 Å². The van der Waals surface area contributed by atoms with E-state index in [0.29, 0.717) is 13.0 Å². The molecule has 1 aromatic heterocycles. The van der Waals surface area contributed by atoms with E-state index >= 15 is 0 Å². The maximum atomic E-state index is 12.6. The van der Waals surface area contributed by atoms with Gasteiger partial charge in [0.15, 0.2) is 0 Å². The van der Waals surface area contributed by atoms with E-state index in [1.54, 1.807) is 0 Å². The predicted molar refractivity (Wildman–Crippen MR) is 117 cm³/mol. The molecule has 0 aliphatic carbocycles. The largest absolute Gasteiger partial charge is 0.490 e. The SMILES string of the molecule is N[C@@H](Cc1ccccc1)C(=O)N1CCC(Nc2ccc3[nH]ncc3c2)C1.O=C(O)C(F)(F)F. The zero-order valence-corrected chi connectivity index (χ0v) is 17.5. The van der Waals surface area contributed by atoms with Crippen LogP contribution in [0.5, 0.6) is 0 Å². The summed E-state index contributed by atoms with van der Waals surface area (Å²) < 4.78 is 31.7. The number of rotatable bonds is 5. The van der Waals surface area contributed by atoms with Gasteiger partial charge in [0.2, 0.25) is 5.91 Å². The molecule has 5 N–H and O–H groups in total. The van der Waals surface area contributed by atoms with Crippen LogP contribution in [0.2, 0.25) is 0 Å². The molecule has 1 unspecified atom stereocenters. The third-order valence-corrected chi connectivity index (χ3v) is 5.17. The summed E-state index contributed by atoms with van der Waals surface area (Å²) >= 11 is 0. The fraction of sp³-hybridized carbons (Fsp3) is 0.318. The highest BCUT2D eigenvalue weighted by molar-refractivity contribution is 5.83. The van der Waals surface area contributed by atoms with Gasteiger partial charge < -0.3 is 21.1 Å². The number of hydrogen-bond acceptors (Lipinski definition) is 5. The van der Waals surface area contributed by atoms with Crippen LogP contribution in [-0.4, -0.2) is 63.4 Å². The molecular formula is C22H24F3N5O3. The number of alkyl halides is 3. The molecule has 1 fully saturated rings. The van der Waals surface area contributed by atoms with Crippen LogP contribution in [0.25, 0.3) is 10.9 Å². The lowest BCUT2D eigenvalue weighted by atomic mass is 10.1. The molecule has 0 spiro atoms. The number of anilines is 1. The summed E-state index contributed by atoms with van der Waals surface area (Å²) in [5, 5.41) is 18.7. The molecule has 2 atom stereocenters. The highest BCUT2D eigenvalue weighted by atomic mass is 19.4. The molecule has 2 aromatic carbocycles. The van der Waals surface area contributed by atoms with E-state index in [0.717, 1.165) is 35.1 Å². The Kier molecular flexibility index (Phi) is 7.54. The number of carbonyl (C=O) groups excluding carboxylic acids is 1. The van der Waals surface area contributed by atoms with Crippen LogP contribution in [0.15, 0.2) is 54.7 Å². The highest BCUT2D eigenvalue weighted by Crippen LogP contribution is 2.21. The fourth-order valence-electron chi connectivity index (χ4n) is 3.54. The second-order valence-electron chi connectivity index (χ2n) is 7.69. The van der Waals surface area contributed by atoms with Gasteiger partial charge in [-0.3, -0.25) is 9.89 Å². The Hall–Kier alpha value is -3.60. The number of carboxylic acids is 1. The zero-order valence-electron chi connectivity index (χ0n) is 17.5. The van der Waals surface area contributed by atoms with Gasteiger partial charge in [-0.2, -0.15) is 18.3 Å². The van der Waals surface area contributed by atoms with Crippen molar-refractivity contribution in [1.82, 2.24) is 15.1 Å². The molecular weight excluding hydrogens is 439 g/mol. The van der Waals surface area contributed by atoms with Crippen molar-refractivity contribution < 1.29 is 27.9 Å². The number of aromatic nitrogens is 2. The minimum absolute atomic E-state index is 0.0310. The summed E-state index contributed by atoms with van der Waals surface area (Å²) in [5.41, 5.74) is 9.32. The molecule has 1 aliphatic rings. The van der Waals surface area contributed by atoms with Gasteiger partial charge in [0.1, 0.15) is 0 Å². The molecule has 8 nitrogen and oxygen atoms in total. The van der Waals surface area contributed by atoms with Gasteiger partial charge in [0.25, 0.3) is 0 Å². The Morgan fingerprint density at radius 1 is 1.24 bits per heavy atom. The number of H-pyrrole nitrogens is 1. The maximum absolute atomic E-state index is 12.6. The number of likely N-dealkylation sites (tertiary alicyclic amines) is 1. The Morgan fingerprint density at radius 3 is 2.61 bits per heavy atom. The number of carbonyl (C=O) groups is 2. The van der Waals surface area contributed by atoms with E-state index in [-0.39, 0.29) is 11.9 Å². The first-order chi connectivity index (χ1) is 15.6. The zero-order chi connectivity index (χ0) is 24.0. The molecule has 11 heteroatoms. The van der Waals surface area contributed by atoms with Crippen molar-refractivity contribution in [3.05, 3.63) is 60.3 Å². The van der Waals surface area contributed by atoms with Crippen molar-refractivity contribution >= 4 is 28.5 Å². The first-order valence-electron chi connectivity index (χ1n) is 10.2. The van der Waals surface area contributed by atoms with Gasteiger partial charge in [-0.05, 0) is 36.6 Å². The molecule has 4 rings (SSSR count). The number of carboxylic acid groups (broad SMARTS) is 1. The van der Waals surface area contributed by atoms with E-state index in [1.165, 1.54) is 0 Å². The van der Waals surface area contributed by atoms with Crippen molar-refractivity contribution in [2.45, 2.75) is 31.1 Å². The third-order valence-electron chi connectivity index (χ3n) is 5.17. The van der Waals surface area contributed by atoms with Crippen LogP contribution in [0.4, 0.5) is 18.9 Å². The first kappa shape index (κ1) is 24.1. The van der Waals surface area contributed by atoms with Crippen LogP contribution in [0, 0.1) is 0 Å². The molecule has 0 radical (unpaired) electrons. The van der Waals surface area contributed by atoms with Crippen molar-refractivity contribution in [2.75, 3.05) is 18.4 Å². The summed E-state index contributed by atoms with van der Waals surface area (Å²) in [7, 11) is 0. The lowest BCUT2D eigenvalue weighted by Crippen LogP contribution is -2.44. The molecule has 0 saturated carbocycles. The van der Waals surface area contributed by atoms with Gasteiger partial charge in [0.05, 0.1) is 17.8 Å². The van der Waals surface area contributed by atoms with Crippen molar-refractivity contribution in [1.29, 1.82) is 0 Å². The van der Waals surface area contributed by atoms with E-state index in [9.17, 15) is 18.0 Å². The molecule has 3 aromatic rings. The summed E-state index contributed by atoms with van der Waals surface area (Å²) in [6.07, 6.45) is -1.77. The second-order valence-corrected chi connectivity index (χ2v) is 7.69. The summed E-state index contributed by atoms with van der Waals surface area (Å²) in [4.78, 5) is 23.4. The molecule has 33 heavy (non-hydrogen) atoms. The van der Waals surface area contributed by atoms with Crippen molar-refractivity contribution in [3.8, 4) is 0 Å². The number of aliphatic carboxylic acids is 1. The Balaban J connectivity index is 0.000000383. The topological polar surface area (TPSA) is 124 Å². The monoisotopic (exact) mass is 463 g/mol. The molecule has 176 valence electrons. The first-order valence-corrected chi connectivity index (χ1v) is 10.2. The average molecular weight is 463 g/mol. The molecule has 2 heterocycles. The second kappa shape index (κ2) is 10.3. The minimum atomic E-state index is -5.08. The number of amides is 1. The van der Waals surface area contributed by atoms with Gasteiger partial charge in [-0.15, -0.1) is 0 Å². The quantitative estimate of drug-likeness (QED) is 0.461. The van der Waals surface area contributed by atoms with Crippen LogP contribution in [0.1, 0.15) is 12.0 Å². The Morgan fingerprint density at radius 2 is 1.94 bits per heavy atom. The van der Waals surface area contributed by atoms with Crippen LogP contribution < -0.4 is 11.1 Å². The van der Waals surface area contributed by atoms with Crippen molar-refractivity contribution in [3.63, 3.8) is 0 Å². The lowest BCUT2D eigenvalue weighted by Gasteiger charge is -2.21.